The van der Waals surface area contributed by atoms with Crippen molar-refractivity contribution in [2.24, 2.45) is 0 Å². The van der Waals surface area contributed by atoms with Crippen molar-refractivity contribution < 1.29 is 4.74 Å². The number of aromatic nitrogens is 3. The van der Waals surface area contributed by atoms with Crippen molar-refractivity contribution in [3.8, 4) is 5.75 Å². The first kappa shape index (κ1) is 20.0. The molecule has 0 aliphatic carbocycles. The second-order valence-electron chi connectivity index (χ2n) is 6.41. The summed E-state index contributed by atoms with van der Waals surface area (Å²) in [6.07, 6.45) is 3.61. The first-order valence-electron chi connectivity index (χ1n) is 9.07. The van der Waals surface area contributed by atoms with E-state index in [-0.39, 0.29) is 22.6 Å². The monoisotopic (exact) mass is 437 g/mol. The Labute approximate surface area is 180 Å². The molecule has 4 aromatic rings. The van der Waals surface area contributed by atoms with Crippen molar-refractivity contribution in [1.82, 2.24) is 14.6 Å². The van der Waals surface area contributed by atoms with Crippen molar-refractivity contribution in [3.05, 3.63) is 108 Å². The highest BCUT2D eigenvalue weighted by molar-refractivity contribution is 7.15. The smallest absolute Gasteiger partial charge is 0.296 e. The molecule has 4 rings (SSSR count). The minimum Gasteiger partial charge on any atom is -0.490 e. The molecule has 0 aliphatic heterocycles. The summed E-state index contributed by atoms with van der Waals surface area (Å²) < 4.78 is 7.06. The highest BCUT2D eigenvalue weighted by Crippen LogP contribution is 2.17. The van der Waals surface area contributed by atoms with Crippen LogP contribution in [0.4, 0.5) is 0 Å². The molecule has 8 heteroatoms. The molecule has 0 N–H and O–H groups in total. The van der Waals surface area contributed by atoms with E-state index in [9.17, 15) is 9.59 Å². The molecule has 6 nitrogen and oxygen atoms in total. The lowest BCUT2D eigenvalue weighted by Crippen LogP contribution is -2.28. The van der Waals surface area contributed by atoms with Gasteiger partial charge in [-0.1, -0.05) is 65.9 Å². The largest absolute Gasteiger partial charge is 0.490 e. The van der Waals surface area contributed by atoms with Crippen LogP contribution in [0.15, 0.2) is 70.8 Å². The Morgan fingerprint density at radius 2 is 1.90 bits per heavy atom. The molecule has 30 heavy (non-hydrogen) atoms. The maximum absolute atomic E-state index is 12.8. The Kier molecular flexibility index (Phi) is 5.74. The number of ether oxygens (including phenoxy) is 1. The maximum atomic E-state index is 12.8. The quantitative estimate of drug-likeness (QED) is 0.434. The number of halogens is 1. The standard InChI is InChI=1S/C22H16ClN3O3S/c1-2-11-29-16-9-7-14(8-10-16)12-19-21(28)26-22(30-19)24-20(27)18(25-26)13-15-5-3-4-6-17(15)23/h2-10,12H,1,11,13H2. The molecular weight excluding hydrogens is 422 g/mol. The van der Waals surface area contributed by atoms with Gasteiger partial charge >= 0.3 is 0 Å². The summed E-state index contributed by atoms with van der Waals surface area (Å²) in [6, 6.07) is 14.5. The number of rotatable bonds is 6. The van der Waals surface area contributed by atoms with Crippen LogP contribution in [-0.2, 0) is 6.42 Å². The van der Waals surface area contributed by atoms with Gasteiger partial charge < -0.3 is 4.74 Å². The van der Waals surface area contributed by atoms with E-state index < -0.39 is 5.56 Å². The maximum Gasteiger partial charge on any atom is 0.296 e. The van der Waals surface area contributed by atoms with Gasteiger partial charge in [-0.05, 0) is 35.4 Å². The average molecular weight is 438 g/mol. The molecule has 0 saturated carbocycles. The van der Waals surface area contributed by atoms with Gasteiger partial charge in [0.05, 0.1) is 4.53 Å². The fourth-order valence-electron chi connectivity index (χ4n) is 2.84. The lowest BCUT2D eigenvalue weighted by Gasteiger charge is -2.02. The Morgan fingerprint density at radius 1 is 1.13 bits per heavy atom. The third kappa shape index (κ3) is 4.17. The van der Waals surface area contributed by atoms with E-state index in [2.05, 4.69) is 16.7 Å². The Hall–Kier alpha value is -3.29. The Balaban J connectivity index is 1.71. The van der Waals surface area contributed by atoms with Crippen molar-refractivity contribution in [1.29, 1.82) is 0 Å². The molecule has 0 aliphatic rings. The van der Waals surface area contributed by atoms with Crippen molar-refractivity contribution >= 4 is 34.0 Å². The second-order valence-corrected chi connectivity index (χ2v) is 7.83. The molecule has 0 bridgehead atoms. The minimum atomic E-state index is -0.466. The van der Waals surface area contributed by atoms with E-state index in [1.54, 1.807) is 18.2 Å². The lowest BCUT2D eigenvalue weighted by atomic mass is 10.1. The van der Waals surface area contributed by atoms with Crippen molar-refractivity contribution in [2.75, 3.05) is 6.61 Å². The molecule has 2 aromatic carbocycles. The number of hydrogen-bond donors (Lipinski definition) is 0. The Morgan fingerprint density at radius 3 is 2.63 bits per heavy atom. The molecule has 0 spiro atoms. The van der Waals surface area contributed by atoms with Crippen LogP contribution in [0.2, 0.25) is 5.02 Å². The summed E-state index contributed by atoms with van der Waals surface area (Å²) in [5, 5.41) is 4.79. The van der Waals surface area contributed by atoms with Gasteiger partial charge in [0, 0.05) is 11.4 Å². The van der Waals surface area contributed by atoms with Crippen molar-refractivity contribution in [2.45, 2.75) is 6.42 Å². The first-order chi connectivity index (χ1) is 14.5. The van der Waals surface area contributed by atoms with Crippen LogP contribution >= 0.6 is 22.9 Å². The van der Waals surface area contributed by atoms with Crippen LogP contribution in [0.5, 0.6) is 5.75 Å². The molecule has 0 atom stereocenters. The minimum absolute atomic E-state index is 0.172. The summed E-state index contributed by atoms with van der Waals surface area (Å²) in [6.45, 7) is 4.03. The topological polar surface area (TPSA) is 73.6 Å². The van der Waals surface area contributed by atoms with Gasteiger partial charge in [-0.3, -0.25) is 9.59 Å². The molecule has 2 aromatic heterocycles. The number of thiazole rings is 1. The number of nitrogens with zero attached hydrogens (tertiary/aromatic N) is 3. The van der Waals surface area contributed by atoms with Crippen LogP contribution in [0.25, 0.3) is 11.0 Å². The van der Waals surface area contributed by atoms with E-state index in [0.29, 0.717) is 21.9 Å². The molecule has 2 heterocycles. The number of hydrogen-bond acceptors (Lipinski definition) is 6. The summed E-state index contributed by atoms with van der Waals surface area (Å²) >= 11 is 7.29. The summed E-state index contributed by atoms with van der Waals surface area (Å²) in [4.78, 5) is 29.5. The van der Waals surface area contributed by atoms with E-state index in [4.69, 9.17) is 16.3 Å². The van der Waals surface area contributed by atoms with Gasteiger partial charge in [0.15, 0.2) is 0 Å². The summed E-state index contributed by atoms with van der Waals surface area (Å²) in [5.74, 6) is 0.712. The predicted molar refractivity (Wildman–Crippen MR) is 119 cm³/mol. The van der Waals surface area contributed by atoms with E-state index in [1.807, 2.05) is 42.5 Å². The lowest BCUT2D eigenvalue weighted by molar-refractivity contribution is 0.363. The second kappa shape index (κ2) is 8.61. The predicted octanol–water partition coefficient (Wildman–Crippen LogP) is 2.87. The highest BCUT2D eigenvalue weighted by atomic mass is 35.5. The summed E-state index contributed by atoms with van der Waals surface area (Å²) in [5.41, 5.74) is 0.953. The van der Waals surface area contributed by atoms with Crippen LogP contribution in [0, 0.1) is 0 Å². The third-order valence-corrected chi connectivity index (χ3v) is 5.64. The van der Waals surface area contributed by atoms with Crippen LogP contribution in [-0.4, -0.2) is 21.2 Å². The first-order valence-corrected chi connectivity index (χ1v) is 10.3. The molecule has 0 unspecified atom stereocenters. The average Bonchev–Trinajstić information content (AvgIpc) is 3.04. The zero-order chi connectivity index (χ0) is 21.1. The van der Waals surface area contributed by atoms with Gasteiger partial charge in [-0.2, -0.15) is 14.6 Å². The van der Waals surface area contributed by atoms with Gasteiger partial charge in [-0.25, -0.2) is 0 Å². The fourth-order valence-corrected chi connectivity index (χ4v) is 3.95. The van der Waals surface area contributed by atoms with E-state index in [0.717, 1.165) is 22.5 Å². The molecule has 0 amide bonds. The van der Waals surface area contributed by atoms with E-state index in [1.165, 1.54) is 4.52 Å². The Bertz CT molecular complexity index is 1390. The molecule has 0 fully saturated rings. The fraction of sp³-hybridized carbons (Fsp3) is 0.0909. The van der Waals surface area contributed by atoms with Crippen LogP contribution in [0.3, 0.4) is 0 Å². The van der Waals surface area contributed by atoms with Crippen LogP contribution in [0.1, 0.15) is 16.8 Å². The number of benzene rings is 2. The molecule has 150 valence electrons. The SMILES string of the molecule is C=CCOc1ccc(C=c2sc3nc(=O)c(Cc4ccccc4Cl)nn3c2=O)cc1. The highest BCUT2D eigenvalue weighted by Gasteiger charge is 2.12. The summed E-state index contributed by atoms with van der Waals surface area (Å²) in [7, 11) is 0. The molecule has 0 saturated heterocycles. The van der Waals surface area contributed by atoms with Crippen LogP contribution < -0.4 is 20.4 Å². The molecular formula is C22H16ClN3O3S. The van der Waals surface area contributed by atoms with Gasteiger partial charge in [0.1, 0.15) is 18.1 Å². The van der Waals surface area contributed by atoms with Crippen molar-refractivity contribution in [3.63, 3.8) is 0 Å². The third-order valence-electron chi connectivity index (χ3n) is 4.31. The number of fused-ring (bicyclic) bond motifs is 1. The molecule has 0 radical (unpaired) electrons. The van der Waals surface area contributed by atoms with Gasteiger partial charge in [0.25, 0.3) is 11.1 Å². The zero-order valence-corrected chi connectivity index (χ0v) is 17.3. The van der Waals surface area contributed by atoms with Gasteiger partial charge in [-0.15, -0.1) is 0 Å². The zero-order valence-electron chi connectivity index (χ0n) is 15.7. The van der Waals surface area contributed by atoms with E-state index >= 15 is 0 Å². The van der Waals surface area contributed by atoms with Gasteiger partial charge in [0.2, 0.25) is 4.96 Å². The normalized spacial score (nSPS) is 11.7.